The average molecular weight is 525 g/mol. The van der Waals surface area contributed by atoms with Crippen LogP contribution in [-0.2, 0) is 11.2 Å². The van der Waals surface area contributed by atoms with Gasteiger partial charge in [-0.25, -0.2) is 4.98 Å². The molecule has 1 fully saturated rings. The summed E-state index contributed by atoms with van der Waals surface area (Å²) in [5.41, 5.74) is 15.3. The molecule has 1 unspecified atom stereocenters. The highest BCUT2D eigenvalue weighted by Gasteiger charge is 2.36. The molecule has 0 saturated carbocycles. The first-order valence-corrected chi connectivity index (χ1v) is 14.1. The van der Waals surface area contributed by atoms with Gasteiger partial charge in [0, 0.05) is 22.6 Å². The monoisotopic (exact) mass is 524 g/mol. The number of aromatic nitrogens is 2. The Balaban J connectivity index is 0.00000186. The van der Waals surface area contributed by atoms with Gasteiger partial charge >= 0.3 is 6.01 Å². The number of carbonyl (C=O) groups excluding carboxylic acids is 1. The van der Waals surface area contributed by atoms with Crippen molar-refractivity contribution in [2.24, 2.45) is 5.73 Å². The van der Waals surface area contributed by atoms with Gasteiger partial charge in [-0.2, -0.15) is 10.2 Å². The van der Waals surface area contributed by atoms with Gasteiger partial charge in [-0.3, -0.25) is 9.69 Å². The van der Waals surface area contributed by atoms with E-state index < -0.39 is 5.92 Å². The second-order valence-electron chi connectivity index (χ2n) is 9.78. The predicted octanol–water partition coefficient (Wildman–Crippen LogP) is 5.04. The zero-order chi connectivity index (χ0) is 27.2. The fourth-order valence-corrected chi connectivity index (χ4v) is 6.30. The number of carbonyl (C=O) groups is 1. The van der Waals surface area contributed by atoms with Gasteiger partial charge in [0.25, 0.3) is 0 Å². The van der Waals surface area contributed by atoms with E-state index in [4.69, 9.17) is 16.2 Å². The van der Waals surface area contributed by atoms with Crippen LogP contribution < -0.4 is 16.2 Å². The molecule has 0 bridgehead atoms. The molecule has 0 amide bonds. The van der Waals surface area contributed by atoms with Crippen LogP contribution in [0.25, 0.3) is 5.70 Å². The number of nitrogens with zero attached hydrogens (tertiary/aromatic N) is 4. The fourth-order valence-electron chi connectivity index (χ4n) is 5.18. The third-order valence-electron chi connectivity index (χ3n) is 7.40. The van der Waals surface area contributed by atoms with Gasteiger partial charge in [-0.15, -0.1) is 11.3 Å². The lowest BCUT2D eigenvalue weighted by Gasteiger charge is -2.31. The molecule has 37 heavy (non-hydrogen) atoms. The summed E-state index contributed by atoms with van der Waals surface area (Å²) in [6.45, 7) is 9.73. The number of hydrogen-bond acceptors (Lipinski definition) is 9. The number of nitriles is 1. The van der Waals surface area contributed by atoms with E-state index in [1.165, 1.54) is 11.3 Å². The number of ether oxygens (including phenoxy) is 1. The van der Waals surface area contributed by atoms with Gasteiger partial charge in [0.1, 0.15) is 17.7 Å². The minimum absolute atomic E-state index is 0.0410. The van der Waals surface area contributed by atoms with Crippen LogP contribution in [0.2, 0.25) is 0 Å². The molecule has 1 aliphatic heterocycles. The van der Waals surface area contributed by atoms with E-state index in [0.29, 0.717) is 47.0 Å². The number of ketones is 1. The molecular formula is C28H40N6O2S. The van der Waals surface area contributed by atoms with Crippen molar-refractivity contribution in [1.82, 2.24) is 14.9 Å². The van der Waals surface area contributed by atoms with Gasteiger partial charge < -0.3 is 16.2 Å². The van der Waals surface area contributed by atoms with Crippen LogP contribution in [0.4, 0.5) is 5.00 Å². The van der Waals surface area contributed by atoms with Gasteiger partial charge in [0.2, 0.25) is 0 Å². The molecule has 2 atom stereocenters. The van der Waals surface area contributed by atoms with E-state index in [9.17, 15) is 10.1 Å². The van der Waals surface area contributed by atoms with Gasteiger partial charge in [-0.1, -0.05) is 27.2 Å². The molecule has 9 heteroatoms. The fraction of sp³-hybridized carbons (Fsp3) is 0.571. The molecule has 8 nitrogen and oxygen atoms in total. The van der Waals surface area contributed by atoms with E-state index >= 15 is 0 Å². The van der Waals surface area contributed by atoms with Crippen LogP contribution in [0.1, 0.15) is 93.8 Å². The first kappa shape index (κ1) is 28.6. The number of likely N-dealkylation sites (tertiary alicyclic amines) is 1. The Morgan fingerprint density at radius 3 is 2.78 bits per heavy atom. The number of aryl methyl sites for hydroxylation is 1. The number of hydrogen-bond donors (Lipinski definition) is 2. The maximum atomic E-state index is 13.8. The van der Waals surface area contributed by atoms with E-state index in [0.717, 1.165) is 49.1 Å². The number of thiophene rings is 1. The number of Topliss-reactive ketones (excluding diaryl/α,β-unsaturated/α-hetero) is 1. The first-order chi connectivity index (χ1) is 17.8. The maximum Gasteiger partial charge on any atom is 0.317 e. The van der Waals surface area contributed by atoms with Gasteiger partial charge in [0.05, 0.1) is 22.5 Å². The quantitative estimate of drug-likeness (QED) is 0.459. The molecule has 1 aliphatic carbocycles. The minimum atomic E-state index is -0.405. The summed E-state index contributed by atoms with van der Waals surface area (Å²) in [4.78, 5) is 26.0. The highest BCUT2D eigenvalue weighted by atomic mass is 32.1. The summed E-state index contributed by atoms with van der Waals surface area (Å²) >= 11 is 1.43. The second-order valence-corrected chi connectivity index (χ2v) is 10.9. The summed E-state index contributed by atoms with van der Waals surface area (Å²) in [6.07, 6.45) is 7.51. The van der Waals surface area contributed by atoms with Crippen molar-refractivity contribution in [2.45, 2.75) is 84.1 Å². The van der Waals surface area contributed by atoms with Crippen LogP contribution in [0.3, 0.4) is 0 Å². The van der Waals surface area contributed by atoms with E-state index in [1.54, 1.807) is 12.3 Å². The summed E-state index contributed by atoms with van der Waals surface area (Å²) < 4.78 is 5.97. The molecule has 1 saturated heterocycles. The van der Waals surface area contributed by atoms with E-state index in [-0.39, 0.29) is 17.3 Å². The number of anilines is 1. The Morgan fingerprint density at radius 1 is 1.38 bits per heavy atom. The number of nitrogens with two attached hydrogens (primary N) is 2. The highest BCUT2D eigenvalue weighted by Crippen LogP contribution is 2.44. The number of likely N-dealkylation sites (N-methyl/N-ethyl adjacent to an activating group) is 1. The minimum Gasteiger partial charge on any atom is -0.461 e. The summed E-state index contributed by atoms with van der Waals surface area (Å²) in [5.74, 6) is -0.446. The largest absolute Gasteiger partial charge is 0.461 e. The smallest absolute Gasteiger partial charge is 0.317 e. The lowest BCUT2D eigenvalue weighted by atomic mass is 9.79. The topological polar surface area (TPSA) is 131 Å². The van der Waals surface area contributed by atoms with Gasteiger partial charge in [0.15, 0.2) is 5.78 Å². The van der Waals surface area contributed by atoms with Crippen molar-refractivity contribution in [3.8, 4) is 12.1 Å². The third kappa shape index (κ3) is 5.97. The van der Waals surface area contributed by atoms with Crippen molar-refractivity contribution in [1.29, 1.82) is 5.26 Å². The lowest BCUT2D eigenvalue weighted by molar-refractivity contribution is -0.117. The van der Waals surface area contributed by atoms with Crippen molar-refractivity contribution in [2.75, 3.05) is 25.9 Å². The lowest BCUT2D eigenvalue weighted by Crippen LogP contribution is -2.43. The summed E-state index contributed by atoms with van der Waals surface area (Å²) in [7, 11) is 2.10. The Kier molecular flexibility index (Phi) is 9.68. The van der Waals surface area contributed by atoms with Crippen molar-refractivity contribution < 1.29 is 9.53 Å². The normalized spacial score (nSPS) is 21.8. The molecule has 2 aromatic rings. The molecule has 0 aromatic carbocycles. The zero-order valence-electron chi connectivity index (χ0n) is 22.8. The van der Waals surface area contributed by atoms with Crippen LogP contribution in [0.15, 0.2) is 17.8 Å². The Morgan fingerprint density at radius 2 is 2.14 bits per heavy atom. The molecule has 4 rings (SSSR count). The molecule has 2 aliphatic rings. The van der Waals surface area contributed by atoms with Crippen molar-refractivity contribution in [3.05, 3.63) is 39.5 Å². The summed E-state index contributed by atoms with van der Waals surface area (Å²) in [5, 5.41) is 10.2. The Hall–Kier alpha value is -2.96. The van der Waals surface area contributed by atoms with Crippen LogP contribution in [-0.4, -0.2) is 46.4 Å². The average Bonchev–Trinajstić information content (AvgIpc) is 3.43. The molecule has 200 valence electrons. The Bertz CT molecular complexity index is 1180. The van der Waals surface area contributed by atoms with Crippen LogP contribution >= 0.6 is 11.3 Å². The highest BCUT2D eigenvalue weighted by molar-refractivity contribution is 7.16. The maximum absolute atomic E-state index is 13.8. The Labute approximate surface area is 224 Å². The molecule has 3 heterocycles. The third-order valence-corrected chi connectivity index (χ3v) is 8.49. The predicted molar refractivity (Wildman–Crippen MR) is 149 cm³/mol. The SMILES string of the molecule is CC.CCC/C(C(=O)[C@H]1CCCc2sc(N)c(C#N)c21)=C(/N)c1ccnc(OCC2(C)CCCN2C)n1. The van der Waals surface area contributed by atoms with Crippen molar-refractivity contribution in [3.63, 3.8) is 0 Å². The molecule has 4 N–H and O–H groups in total. The van der Waals surface area contributed by atoms with Crippen LogP contribution in [0, 0.1) is 11.3 Å². The standard InChI is InChI=1S/C26H34N6O2S.C2H6/c1-4-7-17(23(33)16-8-5-9-20-21(16)18(14-27)24(29)35-20)22(28)19-10-12-30-25(31-19)34-15-26(2)11-6-13-32(26)3;1-2/h10,12,16H,4-9,11,13,15,28-29H2,1-3H3;1-2H3/b22-17-;/t16-,26?;/m0./s1. The molecule has 0 spiro atoms. The second kappa shape index (κ2) is 12.5. The number of fused-ring (bicyclic) bond motifs is 1. The van der Waals surface area contributed by atoms with Crippen LogP contribution in [0.5, 0.6) is 6.01 Å². The molecule has 2 aromatic heterocycles. The van der Waals surface area contributed by atoms with Crippen molar-refractivity contribution >= 4 is 27.8 Å². The number of allylic oxidation sites excluding steroid dienone is 1. The molecule has 0 radical (unpaired) electrons. The molecular weight excluding hydrogens is 484 g/mol. The van der Waals surface area contributed by atoms with E-state index in [2.05, 4.69) is 34.9 Å². The number of rotatable bonds is 8. The first-order valence-electron chi connectivity index (χ1n) is 13.3. The zero-order valence-corrected chi connectivity index (χ0v) is 23.6. The van der Waals surface area contributed by atoms with Gasteiger partial charge in [-0.05, 0) is 70.7 Å². The number of nitrogen functional groups attached to an aromatic ring is 1. The van der Waals surface area contributed by atoms with E-state index in [1.807, 2.05) is 20.8 Å². The summed E-state index contributed by atoms with van der Waals surface area (Å²) in [6, 6.07) is 4.19.